The van der Waals surface area contributed by atoms with Crippen LogP contribution in [0.3, 0.4) is 0 Å². The third kappa shape index (κ3) is 4.40. The molecule has 1 atom stereocenters. The molecule has 0 saturated carbocycles. The number of fused-ring (bicyclic) bond motifs is 1. The maximum Gasteiger partial charge on any atom is 0.265 e. The van der Waals surface area contributed by atoms with Gasteiger partial charge in [-0.05, 0) is 42.8 Å². The summed E-state index contributed by atoms with van der Waals surface area (Å²) in [6.45, 7) is 2.63. The first-order valence-corrected chi connectivity index (χ1v) is 12.4. The van der Waals surface area contributed by atoms with E-state index in [1.54, 1.807) is 29.2 Å². The van der Waals surface area contributed by atoms with Crippen LogP contribution in [0.25, 0.3) is 0 Å². The molecule has 0 unspecified atom stereocenters. The largest absolute Gasteiger partial charge is 0.493 e. The summed E-state index contributed by atoms with van der Waals surface area (Å²) in [4.78, 5) is 26.7. The second-order valence-electron chi connectivity index (χ2n) is 7.93. The molecule has 1 fully saturated rings. The molecule has 2 amide bonds. The Bertz CT molecular complexity index is 1210. The standard InChI is InChI=1S/C23H27N3O7S/c1-4-18-22(27)24-17-14-16(6-8-19(17)33-18)34(29,30)26-11-9-25(10-12-26)23(28)15-5-7-20(31-2)21(13-15)32-3/h5-8,13-14,18H,4,9-12H2,1-3H3,(H,24,27)/t18-/m0/s1. The molecule has 2 aliphatic rings. The van der Waals surface area contributed by atoms with Gasteiger partial charge in [0.25, 0.3) is 11.8 Å². The van der Waals surface area contributed by atoms with Crippen molar-refractivity contribution in [3.05, 3.63) is 42.0 Å². The van der Waals surface area contributed by atoms with E-state index < -0.39 is 16.1 Å². The van der Waals surface area contributed by atoms with Crippen LogP contribution < -0.4 is 19.5 Å². The number of hydrogen-bond donors (Lipinski definition) is 1. The van der Waals surface area contributed by atoms with Crippen LogP contribution >= 0.6 is 0 Å². The highest BCUT2D eigenvalue weighted by Gasteiger charge is 2.33. The van der Waals surface area contributed by atoms with Crippen molar-refractivity contribution in [3.8, 4) is 17.2 Å². The van der Waals surface area contributed by atoms with Gasteiger partial charge in [0.1, 0.15) is 5.75 Å². The van der Waals surface area contributed by atoms with Gasteiger partial charge in [-0.3, -0.25) is 9.59 Å². The molecule has 2 aliphatic heterocycles. The Hall–Kier alpha value is -3.31. The number of sulfonamides is 1. The molecule has 1 saturated heterocycles. The number of carbonyl (C=O) groups is 2. The molecule has 0 radical (unpaired) electrons. The van der Waals surface area contributed by atoms with Gasteiger partial charge in [0.2, 0.25) is 10.0 Å². The van der Waals surface area contributed by atoms with E-state index in [2.05, 4.69) is 5.32 Å². The Kier molecular flexibility index (Phi) is 6.67. The van der Waals surface area contributed by atoms with E-state index in [0.717, 1.165) is 0 Å². The highest BCUT2D eigenvalue weighted by atomic mass is 32.2. The van der Waals surface area contributed by atoms with Gasteiger partial charge in [0, 0.05) is 31.7 Å². The Morgan fingerprint density at radius 1 is 1.06 bits per heavy atom. The van der Waals surface area contributed by atoms with E-state index in [4.69, 9.17) is 14.2 Å². The van der Waals surface area contributed by atoms with E-state index >= 15 is 0 Å². The first kappa shape index (κ1) is 23.8. The minimum atomic E-state index is -3.81. The Morgan fingerprint density at radius 3 is 2.41 bits per heavy atom. The van der Waals surface area contributed by atoms with Gasteiger partial charge in [-0.25, -0.2) is 8.42 Å². The Labute approximate surface area is 198 Å². The van der Waals surface area contributed by atoms with Gasteiger partial charge < -0.3 is 24.4 Å². The highest BCUT2D eigenvalue weighted by Crippen LogP contribution is 2.34. The Morgan fingerprint density at radius 2 is 1.76 bits per heavy atom. The van der Waals surface area contributed by atoms with Crippen LogP contribution in [-0.2, 0) is 14.8 Å². The number of anilines is 1. The molecular formula is C23H27N3O7S. The molecule has 2 aromatic carbocycles. The van der Waals surface area contributed by atoms with Crippen molar-refractivity contribution in [2.75, 3.05) is 45.7 Å². The van der Waals surface area contributed by atoms with Gasteiger partial charge in [0.05, 0.1) is 24.8 Å². The zero-order valence-corrected chi connectivity index (χ0v) is 20.1. The van der Waals surface area contributed by atoms with E-state index in [0.29, 0.717) is 34.9 Å². The number of hydrogen-bond acceptors (Lipinski definition) is 7. The molecule has 10 nitrogen and oxygen atoms in total. The Balaban J connectivity index is 1.45. The molecule has 34 heavy (non-hydrogen) atoms. The highest BCUT2D eigenvalue weighted by molar-refractivity contribution is 7.89. The maximum absolute atomic E-state index is 13.2. The van der Waals surface area contributed by atoms with E-state index in [1.807, 2.05) is 6.92 Å². The summed E-state index contributed by atoms with van der Waals surface area (Å²) in [5.41, 5.74) is 0.766. The monoisotopic (exact) mass is 489 g/mol. The van der Waals surface area contributed by atoms with Crippen LogP contribution in [0.2, 0.25) is 0 Å². The molecule has 182 valence electrons. The minimum Gasteiger partial charge on any atom is -0.493 e. The summed E-state index contributed by atoms with van der Waals surface area (Å²) < 4.78 is 43.9. The fourth-order valence-corrected chi connectivity index (χ4v) is 5.44. The van der Waals surface area contributed by atoms with Gasteiger partial charge in [0.15, 0.2) is 17.6 Å². The van der Waals surface area contributed by atoms with Crippen molar-refractivity contribution in [1.29, 1.82) is 0 Å². The normalized spacial score (nSPS) is 18.5. The minimum absolute atomic E-state index is 0.0600. The number of carbonyl (C=O) groups excluding carboxylic acids is 2. The summed E-state index contributed by atoms with van der Waals surface area (Å²) in [6, 6.07) is 9.36. The zero-order valence-electron chi connectivity index (χ0n) is 19.2. The summed E-state index contributed by atoms with van der Waals surface area (Å²) in [5, 5.41) is 2.71. The van der Waals surface area contributed by atoms with E-state index in [1.165, 1.54) is 30.7 Å². The summed E-state index contributed by atoms with van der Waals surface area (Å²) in [5.74, 6) is 0.898. The number of benzene rings is 2. The molecule has 4 rings (SSSR count). The van der Waals surface area contributed by atoms with Crippen molar-refractivity contribution < 1.29 is 32.2 Å². The van der Waals surface area contributed by atoms with Crippen LogP contribution in [0.5, 0.6) is 17.2 Å². The SMILES string of the molecule is CC[C@@H]1Oc2ccc(S(=O)(=O)N3CCN(C(=O)c4ccc(OC)c(OC)c4)CC3)cc2NC1=O. The molecule has 2 heterocycles. The number of nitrogens with zero attached hydrogens (tertiary/aromatic N) is 2. The molecule has 0 bridgehead atoms. The third-order valence-electron chi connectivity index (χ3n) is 5.94. The topological polar surface area (TPSA) is 114 Å². The molecule has 11 heteroatoms. The lowest BCUT2D eigenvalue weighted by Gasteiger charge is -2.34. The van der Waals surface area contributed by atoms with Crippen LogP contribution in [-0.4, -0.2) is 75.9 Å². The summed E-state index contributed by atoms with van der Waals surface area (Å²) >= 11 is 0. The average Bonchev–Trinajstić information content (AvgIpc) is 2.87. The molecular weight excluding hydrogens is 462 g/mol. The van der Waals surface area contributed by atoms with Crippen LogP contribution in [0, 0.1) is 0 Å². The van der Waals surface area contributed by atoms with Gasteiger partial charge in [-0.1, -0.05) is 6.92 Å². The number of ether oxygens (including phenoxy) is 3. The average molecular weight is 490 g/mol. The number of nitrogens with one attached hydrogen (secondary N) is 1. The number of amides is 2. The molecule has 0 aromatic heterocycles. The summed E-state index contributed by atoms with van der Waals surface area (Å²) in [7, 11) is -0.799. The van der Waals surface area contributed by atoms with Crippen LogP contribution in [0.1, 0.15) is 23.7 Å². The smallest absolute Gasteiger partial charge is 0.265 e. The number of piperazine rings is 1. The lowest BCUT2D eigenvalue weighted by molar-refractivity contribution is -0.123. The first-order chi connectivity index (χ1) is 16.3. The number of methoxy groups -OCH3 is 2. The quantitative estimate of drug-likeness (QED) is 0.660. The van der Waals surface area contributed by atoms with E-state index in [9.17, 15) is 18.0 Å². The molecule has 0 spiro atoms. The maximum atomic E-state index is 13.2. The summed E-state index contributed by atoms with van der Waals surface area (Å²) in [6.07, 6.45) is -0.0799. The number of rotatable bonds is 6. The zero-order chi connectivity index (χ0) is 24.5. The van der Waals surface area contributed by atoms with Gasteiger partial charge >= 0.3 is 0 Å². The second-order valence-corrected chi connectivity index (χ2v) is 9.87. The fourth-order valence-electron chi connectivity index (χ4n) is 3.99. The fraction of sp³-hybridized carbons (Fsp3) is 0.391. The van der Waals surface area contributed by atoms with Crippen molar-refractivity contribution in [1.82, 2.24) is 9.21 Å². The van der Waals surface area contributed by atoms with Crippen molar-refractivity contribution in [3.63, 3.8) is 0 Å². The molecule has 1 N–H and O–H groups in total. The lowest BCUT2D eigenvalue weighted by atomic mass is 10.1. The second kappa shape index (κ2) is 9.51. The van der Waals surface area contributed by atoms with Crippen molar-refractivity contribution in [2.24, 2.45) is 0 Å². The van der Waals surface area contributed by atoms with Crippen LogP contribution in [0.4, 0.5) is 5.69 Å². The molecule has 0 aliphatic carbocycles. The van der Waals surface area contributed by atoms with Crippen molar-refractivity contribution in [2.45, 2.75) is 24.3 Å². The molecule has 2 aromatic rings. The van der Waals surface area contributed by atoms with Crippen molar-refractivity contribution >= 4 is 27.5 Å². The lowest BCUT2D eigenvalue weighted by Crippen LogP contribution is -2.50. The van der Waals surface area contributed by atoms with E-state index in [-0.39, 0.29) is 42.9 Å². The van der Waals surface area contributed by atoms with Gasteiger partial charge in [-0.15, -0.1) is 0 Å². The van der Waals surface area contributed by atoms with Crippen LogP contribution in [0.15, 0.2) is 41.3 Å². The first-order valence-electron chi connectivity index (χ1n) is 10.9. The van der Waals surface area contributed by atoms with Gasteiger partial charge in [-0.2, -0.15) is 4.31 Å². The third-order valence-corrected chi connectivity index (χ3v) is 7.83. The predicted molar refractivity (Wildman–Crippen MR) is 124 cm³/mol. The predicted octanol–water partition coefficient (Wildman–Crippen LogP) is 1.96.